The molecular formula is C8H14FN. The van der Waals surface area contributed by atoms with E-state index in [9.17, 15) is 4.39 Å². The van der Waals surface area contributed by atoms with Gasteiger partial charge in [-0.15, -0.1) is 0 Å². The summed E-state index contributed by atoms with van der Waals surface area (Å²) in [6.07, 6.45) is 6.18. The SMILES string of the molecule is FC1/C=C\CCCCNC1. The van der Waals surface area contributed by atoms with Gasteiger partial charge in [0.2, 0.25) is 0 Å². The summed E-state index contributed by atoms with van der Waals surface area (Å²) in [4.78, 5) is 0. The van der Waals surface area contributed by atoms with Crippen molar-refractivity contribution in [2.45, 2.75) is 25.4 Å². The molecule has 0 amide bonds. The molecule has 0 aliphatic carbocycles. The summed E-state index contributed by atoms with van der Waals surface area (Å²) in [5.41, 5.74) is 0. The lowest BCUT2D eigenvalue weighted by molar-refractivity contribution is 0.381. The van der Waals surface area contributed by atoms with Crippen molar-refractivity contribution in [1.82, 2.24) is 5.32 Å². The van der Waals surface area contributed by atoms with Crippen LogP contribution in [-0.2, 0) is 0 Å². The second-order valence-electron chi connectivity index (χ2n) is 2.64. The Bertz CT molecular complexity index is 112. The quantitative estimate of drug-likeness (QED) is 0.508. The monoisotopic (exact) mass is 143 g/mol. The van der Waals surface area contributed by atoms with Crippen LogP contribution in [0.4, 0.5) is 4.39 Å². The van der Waals surface area contributed by atoms with Gasteiger partial charge < -0.3 is 5.32 Å². The Morgan fingerprint density at radius 2 is 2.30 bits per heavy atom. The minimum absolute atomic E-state index is 0.483. The molecule has 58 valence electrons. The molecule has 0 aromatic heterocycles. The van der Waals surface area contributed by atoms with E-state index in [4.69, 9.17) is 0 Å². The molecule has 1 atom stereocenters. The van der Waals surface area contributed by atoms with Gasteiger partial charge in [-0.05, 0) is 25.8 Å². The summed E-state index contributed by atoms with van der Waals surface area (Å²) < 4.78 is 12.7. The number of allylic oxidation sites excluding steroid dienone is 1. The minimum Gasteiger partial charge on any atom is -0.314 e. The lowest BCUT2D eigenvalue weighted by Gasteiger charge is -2.02. The standard InChI is InChI=1S/C8H14FN/c9-8-5-3-1-2-4-6-10-7-8/h3,5,8,10H,1-2,4,6-7H2/b5-3-. The fourth-order valence-corrected chi connectivity index (χ4v) is 1.06. The van der Waals surface area contributed by atoms with Gasteiger partial charge >= 0.3 is 0 Å². The molecule has 1 N–H and O–H groups in total. The maximum absolute atomic E-state index is 12.7. The van der Waals surface area contributed by atoms with Crippen LogP contribution in [0.5, 0.6) is 0 Å². The van der Waals surface area contributed by atoms with E-state index in [1.165, 1.54) is 6.42 Å². The molecule has 2 heteroatoms. The van der Waals surface area contributed by atoms with Crippen molar-refractivity contribution in [3.05, 3.63) is 12.2 Å². The molecule has 0 bridgehead atoms. The highest BCUT2D eigenvalue weighted by Gasteiger charge is 2.01. The predicted octanol–water partition coefficient (Wildman–Crippen LogP) is 1.65. The summed E-state index contributed by atoms with van der Waals surface area (Å²) >= 11 is 0. The van der Waals surface area contributed by atoms with Crippen LogP contribution in [0.25, 0.3) is 0 Å². The van der Waals surface area contributed by atoms with Crippen LogP contribution in [0.15, 0.2) is 12.2 Å². The summed E-state index contributed by atoms with van der Waals surface area (Å²) in [7, 11) is 0. The Hall–Kier alpha value is -0.370. The van der Waals surface area contributed by atoms with Crippen molar-refractivity contribution in [3.8, 4) is 0 Å². The third kappa shape index (κ3) is 2.97. The van der Waals surface area contributed by atoms with E-state index in [0.717, 1.165) is 19.4 Å². The van der Waals surface area contributed by atoms with E-state index < -0.39 is 6.17 Å². The fraction of sp³-hybridized carbons (Fsp3) is 0.750. The highest BCUT2D eigenvalue weighted by Crippen LogP contribution is 2.01. The maximum atomic E-state index is 12.7. The van der Waals surface area contributed by atoms with E-state index in [-0.39, 0.29) is 0 Å². The average Bonchev–Trinajstić information content (AvgIpc) is 2.02. The number of halogens is 1. The van der Waals surface area contributed by atoms with Gasteiger partial charge in [0, 0.05) is 6.54 Å². The van der Waals surface area contributed by atoms with Crippen LogP contribution in [0.2, 0.25) is 0 Å². The maximum Gasteiger partial charge on any atom is 0.131 e. The lowest BCUT2D eigenvalue weighted by atomic mass is 10.2. The van der Waals surface area contributed by atoms with E-state index in [0.29, 0.717) is 6.54 Å². The van der Waals surface area contributed by atoms with Gasteiger partial charge in [0.05, 0.1) is 0 Å². The van der Waals surface area contributed by atoms with Crippen LogP contribution in [0.3, 0.4) is 0 Å². The second kappa shape index (κ2) is 4.45. The molecule has 10 heavy (non-hydrogen) atoms. The Balaban J connectivity index is 2.28. The predicted molar refractivity (Wildman–Crippen MR) is 40.8 cm³/mol. The van der Waals surface area contributed by atoms with Gasteiger partial charge in [-0.3, -0.25) is 0 Å². The van der Waals surface area contributed by atoms with E-state index in [1.54, 1.807) is 6.08 Å². The normalized spacial score (nSPS) is 31.9. The van der Waals surface area contributed by atoms with Gasteiger partial charge in [0.15, 0.2) is 0 Å². The van der Waals surface area contributed by atoms with Gasteiger partial charge in [-0.1, -0.05) is 12.2 Å². The van der Waals surface area contributed by atoms with Gasteiger partial charge in [-0.2, -0.15) is 0 Å². The molecule has 0 spiro atoms. The first-order valence-corrected chi connectivity index (χ1v) is 3.91. The molecule has 1 heterocycles. The highest BCUT2D eigenvalue weighted by atomic mass is 19.1. The van der Waals surface area contributed by atoms with Gasteiger partial charge in [0.1, 0.15) is 6.17 Å². The van der Waals surface area contributed by atoms with Crippen molar-refractivity contribution >= 4 is 0 Å². The number of hydrogen-bond acceptors (Lipinski definition) is 1. The molecule has 0 saturated heterocycles. The zero-order valence-electron chi connectivity index (χ0n) is 6.15. The lowest BCUT2D eigenvalue weighted by Crippen LogP contribution is -2.22. The topological polar surface area (TPSA) is 12.0 Å². The molecule has 1 nitrogen and oxygen atoms in total. The first-order chi connectivity index (χ1) is 4.89. The van der Waals surface area contributed by atoms with Crippen molar-refractivity contribution in [2.24, 2.45) is 0 Å². The molecule has 1 aliphatic heterocycles. The average molecular weight is 143 g/mol. The van der Waals surface area contributed by atoms with E-state index in [1.807, 2.05) is 6.08 Å². The summed E-state index contributed by atoms with van der Waals surface area (Å²) in [5, 5.41) is 3.05. The molecule has 1 aliphatic rings. The second-order valence-corrected chi connectivity index (χ2v) is 2.64. The molecule has 0 radical (unpaired) electrons. The third-order valence-electron chi connectivity index (χ3n) is 1.66. The number of hydrogen-bond donors (Lipinski definition) is 1. The van der Waals surface area contributed by atoms with Crippen molar-refractivity contribution in [1.29, 1.82) is 0 Å². The summed E-state index contributed by atoms with van der Waals surface area (Å²) in [5.74, 6) is 0. The van der Waals surface area contributed by atoms with Crippen LogP contribution < -0.4 is 5.32 Å². The molecular weight excluding hydrogens is 129 g/mol. The number of alkyl halides is 1. The molecule has 1 rings (SSSR count). The van der Waals surface area contributed by atoms with E-state index >= 15 is 0 Å². The van der Waals surface area contributed by atoms with Crippen molar-refractivity contribution in [3.63, 3.8) is 0 Å². The Kier molecular flexibility index (Phi) is 3.44. The Morgan fingerprint density at radius 3 is 3.20 bits per heavy atom. The zero-order chi connectivity index (χ0) is 7.23. The molecule has 0 aromatic rings. The number of nitrogens with one attached hydrogen (secondary N) is 1. The van der Waals surface area contributed by atoms with Crippen LogP contribution in [-0.4, -0.2) is 19.3 Å². The highest BCUT2D eigenvalue weighted by molar-refractivity contribution is 4.90. The van der Waals surface area contributed by atoms with Crippen molar-refractivity contribution in [2.75, 3.05) is 13.1 Å². The summed E-state index contributed by atoms with van der Waals surface area (Å²) in [6.45, 7) is 1.44. The smallest absolute Gasteiger partial charge is 0.131 e. The fourth-order valence-electron chi connectivity index (χ4n) is 1.06. The third-order valence-corrected chi connectivity index (χ3v) is 1.66. The minimum atomic E-state index is -0.780. The largest absolute Gasteiger partial charge is 0.314 e. The summed E-state index contributed by atoms with van der Waals surface area (Å²) in [6, 6.07) is 0. The molecule has 0 fully saturated rings. The molecule has 1 unspecified atom stereocenters. The molecule has 0 saturated carbocycles. The zero-order valence-corrected chi connectivity index (χ0v) is 6.15. The van der Waals surface area contributed by atoms with Gasteiger partial charge in [0.25, 0.3) is 0 Å². The van der Waals surface area contributed by atoms with Crippen LogP contribution in [0.1, 0.15) is 19.3 Å². The number of rotatable bonds is 0. The van der Waals surface area contributed by atoms with E-state index in [2.05, 4.69) is 5.32 Å². The molecule has 0 aromatic carbocycles. The Morgan fingerprint density at radius 1 is 1.40 bits per heavy atom. The van der Waals surface area contributed by atoms with Crippen LogP contribution >= 0.6 is 0 Å². The van der Waals surface area contributed by atoms with Crippen LogP contribution in [0, 0.1) is 0 Å². The van der Waals surface area contributed by atoms with Gasteiger partial charge in [-0.25, -0.2) is 4.39 Å². The first-order valence-electron chi connectivity index (χ1n) is 3.91. The first kappa shape index (κ1) is 7.73. The van der Waals surface area contributed by atoms with Crippen molar-refractivity contribution < 1.29 is 4.39 Å². The Labute approximate surface area is 61.3 Å².